The summed E-state index contributed by atoms with van der Waals surface area (Å²) in [6, 6.07) is 22.3. The number of para-hydroxylation sites is 1. The fourth-order valence-electron chi connectivity index (χ4n) is 4.94. The van der Waals surface area contributed by atoms with Gasteiger partial charge in [0.1, 0.15) is 17.5 Å². The van der Waals surface area contributed by atoms with Crippen LogP contribution < -0.4 is 0 Å². The van der Waals surface area contributed by atoms with Gasteiger partial charge in [0.15, 0.2) is 0 Å². The van der Waals surface area contributed by atoms with Crippen LogP contribution in [-0.2, 0) is 13.1 Å². The second-order valence-corrected chi connectivity index (χ2v) is 8.16. The summed E-state index contributed by atoms with van der Waals surface area (Å²) >= 11 is 0. The van der Waals surface area contributed by atoms with Gasteiger partial charge in [0.2, 0.25) is 0 Å². The number of halogens is 3. The van der Waals surface area contributed by atoms with E-state index in [1.165, 1.54) is 30.3 Å². The molecule has 0 bridgehead atoms. The monoisotopic (exact) mass is 428 g/mol. The lowest BCUT2D eigenvalue weighted by molar-refractivity contribution is 0.600. The maximum absolute atomic E-state index is 13.9. The molecule has 0 aliphatic carbocycles. The average Bonchev–Trinajstić information content (AvgIpc) is 3.26. The molecular formula is C27H19F3N2. The minimum atomic E-state index is -0.335. The van der Waals surface area contributed by atoms with Crippen LogP contribution >= 0.6 is 0 Å². The predicted octanol–water partition coefficient (Wildman–Crippen LogP) is 7.41. The van der Waals surface area contributed by atoms with Crippen LogP contribution in [0.1, 0.15) is 6.42 Å². The molecule has 158 valence electrons. The summed E-state index contributed by atoms with van der Waals surface area (Å²) in [7, 11) is 0. The van der Waals surface area contributed by atoms with Gasteiger partial charge in [-0.2, -0.15) is 0 Å². The van der Waals surface area contributed by atoms with Gasteiger partial charge in [-0.05, 0) is 67.1 Å². The quantitative estimate of drug-likeness (QED) is 0.277. The molecule has 0 radical (unpaired) electrons. The molecule has 0 atom stereocenters. The van der Waals surface area contributed by atoms with Crippen molar-refractivity contribution in [3.63, 3.8) is 0 Å². The van der Waals surface area contributed by atoms with Crippen LogP contribution in [0.5, 0.6) is 0 Å². The van der Waals surface area contributed by atoms with Crippen molar-refractivity contribution in [2.75, 3.05) is 0 Å². The Morgan fingerprint density at radius 2 is 0.875 bits per heavy atom. The number of rotatable bonds is 4. The second kappa shape index (κ2) is 7.16. The maximum atomic E-state index is 13.9. The molecule has 0 saturated heterocycles. The van der Waals surface area contributed by atoms with Crippen LogP contribution in [-0.4, -0.2) is 9.13 Å². The van der Waals surface area contributed by atoms with Gasteiger partial charge in [-0.25, -0.2) is 13.2 Å². The molecular weight excluding hydrogens is 409 g/mol. The summed E-state index contributed by atoms with van der Waals surface area (Å²) in [6.45, 7) is 1.42. The molecule has 0 aliphatic rings. The van der Waals surface area contributed by atoms with Gasteiger partial charge in [-0.15, -0.1) is 0 Å². The minimum absolute atomic E-state index is 0.245. The Morgan fingerprint density at radius 1 is 0.469 bits per heavy atom. The van der Waals surface area contributed by atoms with Gasteiger partial charge in [0, 0.05) is 56.7 Å². The van der Waals surface area contributed by atoms with Crippen LogP contribution in [0.15, 0.2) is 78.9 Å². The van der Waals surface area contributed by atoms with Gasteiger partial charge in [0.25, 0.3) is 0 Å². The van der Waals surface area contributed by atoms with E-state index in [0.29, 0.717) is 17.3 Å². The molecule has 4 aromatic carbocycles. The third-order valence-electron chi connectivity index (χ3n) is 6.29. The highest BCUT2D eigenvalue weighted by Gasteiger charge is 2.14. The molecule has 6 aromatic rings. The Bertz CT molecular complexity index is 1580. The number of aromatic nitrogens is 2. The lowest BCUT2D eigenvalue weighted by atomic mass is 10.1. The summed E-state index contributed by atoms with van der Waals surface area (Å²) in [6.07, 6.45) is 0.804. The Hall–Kier alpha value is -3.73. The largest absolute Gasteiger partial charge is 0.340 e. The van der Waals surface area contributed by atoms with Crippen LogP contribution in [0.3, 0.4) is 0 Å². The Balaban J connectivity index is 1.41. The van der Waals surface area contributed by atoms with E-state index >= 15 is 0 Å². The first-order chi connectivity index (χ1) is 15.6. The SMILES string of the molecule is Fc1ccc2c(c1)c1ccccc1n2CCCn1c2ccc(F)cc2c2cc(F)ccc21. The number of nitrogens with zero attached hydrogens (tertiary/aromatic N) is 2. The lowest BCUT2D eigenvalue weighted by Crippen LogP contribution is -2.04. The molecule has 2 nitrogen and oxygen atoms in total. The molecule has 2 heterocycles. The number of hydrogen-bond donors (Lipinski definition) is 0. The number of fused-ring (bicyclic) bond motifs is 6. The molecule has 0 fully saturated rings. The van der Waals surface area contributed by atoms with Crippen LogP contribution in [0.25, 0.3) is 43.6 Å². The standard InChI is InChI=1S/C27H19F3N2/c28-17-6-9-25-21(14-17)20-4-1-2-5-24(20)31(25)12-3-13-32-26-10-7-18(29)15-22(26)23-16-19(30)8-11-27(23)32/h1-2,4-11,14-16H,3,12-13H2. The zero-order valence-corrected chi connectivity index (χ0v) is 17.2. The third kappa shape index (κ3) is 2.88. The van der Waals surface area contributed by atoms with E-state index in [1.54, 1.807) is 18.2 Å². The molecule has 0 unspecified atom stereocenters. The Kier molecular flexibility index (Phi) is 4.25. The Morgan fingerprint density at radius 3 is 1.38 bits per heavy atom. The van der Waals surface area contributed by atoms with Gasteiger partial charge in [0.05, 0.1) is 0 Å². The van der Waals surface area contributed by atoms with E-state index in [9.17, 15) is 13.2 Å². The molecule has 5 heteroatoms. The first-order valence-electron chi connectivity index (χ1n) is 10.6. The van der Waals surface area contributed by atoms with Crippen LogP contribution in [0.2, 0.25) is 0 Å². The summed E-state index contributed by atoms with van der Waals surface area (Å²) in [5, 5.41) is 3.37. The molecule has 0 aliphatic heterocycles. The van der Waals surface area contributed by atoms with E-state index in [4.69, 9.17) is 0 Å². The number of benzene rings is 4. The summed E-state index contributed by atoms with van der Waals surface area (Å²) in [5.41, 5.74) is 3.84. The minimum Gasteiger partial charge on any atom is -0.340 e. The summed E-state index contributed by atoms with van der Waals surface area (Å²) in [5.74, 6) is -0.915. The zero-order chi connectivity index (χ0) is 21.8. The smallest absolute Gasteiger partial charge is 0.123 e. The van der Waals surface area contributed by atoms with E-state index in [0.717, 1.165) is 45.8 Å². The highest BCUT2D eigenvalue weighted by atomic mass is 19.1. The molecule has 0 spiro atoms. The van der Waals surface area contributed by atoms with Crippen molar-refractivity contribution < 1.29 is 13.2 Å². The number of hydrogen-bond acceptors (Lipinski definition) is 0. The summed E-state index contributed by atoms with van der Waals surface area (Å²) in [4.78, 5) is 0. The fourth-order valence-corrected chi connectivity index (χ4v) is 4.94. The highest BCUT2D eigenvalue weighted by Crippen LogP contribution is 2.32. The fraction of sp³-hybridized carbons (Fsp3) is 0.111. The molecule has 0 amide bonds. The van der Waals surface area contributed by atoms with Crippen molar-refractivity contribution in [1.82, 2.24) is 9.13 Å². The first-order valence-corrected chi connectivity index (χ1v) is 10.6. The molecule has 6 rings (SSSR count). The van der Waals surface area contributed by atoms with Crippen LogP contribution in [0, 0.1) is 17.5 Å². The van der Waals surface area contributed by atoms with Crippen molar-refractivity contribution in [2.24, 2.45) is 0 Å². The van der Waals surface area contributed by atoms with E-state index in [-0.39, 0.29) is 17.5 Å². The van der Waals surface area contributed by atoms with Gasteiger partial charge < -0.3 is 9.13 Å². The predicted molar refractivity (Wildman–Crippen MR) is 123 cm³/mol. The topological polar surface area (TPSA) is 9.86 Å². The highest BCUT2D eigenvalue weighted by molar-refractivity contribution is 6.09. The van der Waals surface area contributed by atoms with E-state index < -0.39 is 0 Å². The van der Waals surface area contributed by atoms with Crippen molar-refractivity contribution in [1.29, 1.82) is 0 Å². The van der Waals surface area contributed by atoms with Crippen molar-refractivity contribution in [3.8, 4) is 0 Å². The molecule has 32 heavy (non-hydrogen) atoms. The molecule has 2 aromatic heterocycles. The van der Waals surface area contributed by atoms with E-state index in [1.807, 2.05) is 24.3 Å². The number of aryl methyl sites for hydroxylation is 2. The van der Waals surface area contributed by atoms with Crippen molar-refractivity contribution in [3.05, 3.63) is 96.3 Å². The maximum Gasteiger partial charge on any atom is 0.123 e. The Labute approximate surface area is 182 Å². The van der Waals surface area contributed by atoms with Gasteiger partial charge in [-0.3, -0.25) is 0 Å². The lowest BCUT2D eigenvalue weighted by Gasteiger charge is -2.11. The van der Waals surface area contributed by atoms with E-state index in [2.05, 4.69) is 15.2 Å². The average molecular weight is 428 g/mol. The zero-order valence-electron chi connectivity index (χ0n) is 17.2. The second-order valence-electron chi connectivity index (χ2n) is 8.16. The normalized spacial score (nSPS) is 12.0. The summed E-state index contributed by atoms with van der Waals surface area (Å²) < 4.78 is 46.0. The van der Waals surface area contributed by atoms with Gasteiger partial charge >= 0.3 is 0 Å². The van der Waals surface area contributed by atoms with Gasteiger partial charge in [-0.1, -0.05) is 18.2 Å². The van der Waals surface area contributed by atoms with Crippen LogP contribution in [0.4, 0.5) is 13.2 Å². The van der Waals surface area contributed by atoms with Crippen molar-refractivity contribution in [2.45, 2.75) is 19.5 Å². The molecule has 0 N–H and O–H groups in total. The first kappa shape index (κ1) is 19.0. The molecule has 0 saturated carbocycles. The van der Waals surface area contributed by atoms with Crippen molar-refractivity contribution >= 4 is 43.6 Å². The third-order valence-corrected chi connectivity index (χ3v) is 6.29.